The Morgan fingerprint density at radius 1 is 1.10 bits per heavy atom. The summed E-state index contributed by atoms with van der Waals surface area (Å²) in [7, 11) is 0. The molecular weight excluding hydrogens is 417 g/mol. The Labute approximate surface area is 188 Å². The number of hydrogen-bond acceptors (Lipinski definition) is 3. The van der Waals surface area contributed by atoms with Gasteiger partial charge < -0.3 is 10.2 Å². The van der Waals surface area contributed by atoms with Crippen molar-refractivity contribution in [3.8, 4) is 0 Å². The highest BCUT2D eigenvalue weighted by atomic mass is 35.5. The van der Waals surface area contributed by atoms with Gasteiger partial charge in [-0.1, -0.05) is 29.8 Å². The maximum Gasteiger partial charge on any atom is 0.255 e. The molecule has 2 aromatic rings. The molecule has 0 radical (unpaired) electrons. The van der Waals surface area contributed by atoms with Crippen LogP contribution in [0.25, 0.3) is 0 Å². The third kappa shape index (κ3) is 5.63. The quantitative estimate of drug-likeness (QED) is 0.665. The molecule has 1 N–H and O–H groups in total. The maximum absolute atomic E-state index is 14.1. The monoisotopic (exact) mass is 445 g/mol. The molecule has 31 heavy (non-hydrogen) atoms. The van der Waals surface area contributed by atoms with E-state index in [4.69, 9.17) is 11.6 Å². The highest BCUT2D eigenvalue weighted by molar-refractivity contribution is 6.31. The third-order valence-corrected chi connectivity index (χ3v) is 6.22. The maximum atomic E-state index is 14.1. The van der Waals surface area contributed by atoms with Crippen LogP contribution >= 0.6 is 11.6 Å². The molecule has 2 aromatic carbocycles. The van der Waals surface area contributed by atoms with Gasteiger partial charge in [0.05, 0.1) is 11.3 Å². The van der Waals surface area contributed by atoms with Crippen molar-refractivity contribution in [1.82, 2.24) is 9.80 Å². The van der Waals surface area contributed by atoms with E-state index in [2.05, 4.69) is 10.2 Å². The van der Waals surface area contributed by atoms with E-state index in [9.17, 15) is 14.0 Å². The predicted molar refractivity (Wildman–Crippen MR) is 122 cm³/mol. The number of para-hydroxylation sites is 1. The van der Waals surface area contributed by atoms with E-state index in [0.29, 0.717) is 67.4 Å². The molecule has 2 amide bonds. The highest BCUT2D eigenvalue weighted by Gasteiger charge is 2.27. The van der Waals surface area contributed by atoms with Crippen molar-refractivity contribution < 1.29 is 14.0 Å². The Bertz CT molecular complexity index is 905. The Morgan fingerprint density at radius 2 is 1.77 bits per heavy atom. The lowest BCUT2D eigenvalue weighted by atomic mass is 9.95. The van der Waals surface area contributed by atoms with Crippen LogP contribution in [-0.2, 0) is 11.3 Å². The minimum atomic E-state index is -0.304. The standard InChI is InChI=1S/C24H29ClFN3O2/c1-3-29(4-2)24(31)18-8-5-6-11-22(18)27-23(30)17-12-14-28(15-13-17)16-19-20(25)9-7-10-21(19)26/h5-11,17H,3-4,12-16H2,1-2H3,(H,27,30). The predicted octanol–water partition coefficient (Wildman–Crippen LogP) is 4.81. The van der Waals surface area contributed by atoms with Crippen molar-refractivity contribution in [2.75, 3.05) is 31.5 Å². The molecule has 0 aromatic heterocycles. The summed E-state index contributed by atoms with van der Waals surface area (Å²) in [4.78, 5) is 29.5. The second-order valence-electron chi connectivity index (χ2n) is 7.76. The van der Waals surface area contributed by atoms with Gasteiger partial charge in [-0.2, -0.15) is 0 Å². The molecule has 0 atom stereocenters. The van der Waals surface area contributed by atoms with E-state index in [1.54, 1.807) is 35.2 Å². The number of piperidine rings is 1. The summed E-state index contributed by atoms with van der Waals surface area (Å²) in [6.07, 6.45) is 1.34. The van der Waals surface area contributed by atoms with Crippen molar-refractivity contribution in [1.29, 1.82) is 0 Å². The number of nitrogens with one attached hydrogen (secondary N) is 1. The Balaban J connectivity index is 1.60. The second-order valence-corrected chi connectivity index (χ2v) is 8.17. The van der Waals surface area contributed by atoms with Crippen LogP contribution < -0.4 is 5.32 Å². The minimum absolute atomic E-state index is 0.0802. The molecule has 0 bridgehead atoms. The summed E-state index contributed by atoms with van der Waals surface area (Å²) in [5.74, 6) is -0.619. The number of benzene rings is 2. The summed E-state index contributed by atoms with van der Waals surface area (Å²) in [5, 5.41) is 3.39. The van der Waals surface area contributed by atoms with Gasteiger partial charge in [-0.3, -0.25) is 14.5 Å². The van der Waals surface area contributed by atoms with Crippen LogP contribution in [0.1, 0.15) is 42.6 Å². The number of hydrogen-bond donors (Lipinski definition) is 1. The van der Waals surface area contributed by atoms with Crippen LogP contribution in [0.3, 0.4) is 0 Å². The van der Waals surface area contributed by atoms with Crippen molar-refractivity contribution in [3.05, 3.63) is 64.4 Å². The Hall–Kier alpha value is -2.44. The number of likely N-dealkylation sites (tertiary alicyclic amines) is 1. The second kappa shape index (κ2) is 10.7. The van der Waals surface area contributed by atoms with Crippen LogP contribution in [0.4, 0.5) is 10.1 Å². The minimum Gasteiger partial charge on any atom is -0.339 e. The average Bonchev–Trinajstić information content (AvgIpc) is 2.78. The molecule has 1 saturated heterocycles. The zero-order valence-corrected chi connectivity index (χ0v) is 18.8. The normalized spacial score (nSPS) is 15.0. The smallest absolute Gasteiger partial charge is 0.255 e. The summed E-state index contributed by atoms with van der Waals surface area (Å²) in [6.45, 7) is 6.90. The van der Waals surface area contributed by atoms with Crippen LogP contribution in [0.5, 0.6) is 0 Å². The number of amides is 2. The molecule has 166 valence electrons. The first-order chi connectivity index (χ1) is 14.9. The van der Waals surface area contributed by atoms with Crippen molar-refractivity contribution in [2.24, 2.45) is 5.92 Å². The number of carbonyl (C=O) groups is 2. The molecule has 1 fully saturated rings. The highest BCUT2D eigenvalue weighted by Crippen LogP contribution is 2.26. The molecule has 1 aliphatic rings. The number of nitrogens with zero attached hydrogens (tertiary/aromatic N) is 2. The first-order valence-electron chi connectivity index (χ1n) is 10.8. The fourth-order valence-electron chi connectivity index (χ4n) is 3.95. The van der Waals surface area contributed by atoms with E-state index in [0.717, 1.165) is 0 Å². The van der Waals surface area contributed by atoms with E-state index >= 15 is 0 Å². The average molecular weight is 446 g/mol. The van der Waals surface area contributed by atoms with Gasteiger partial charge >= 0.3 is 0 Å². The van der Waals surface area contributed by atoms with E-state index < -0.39 is 0 Å². The summed E-state index contributed by atoms with van der Waals surface area (Å²) in [6, 6.07) is 11.8. The largest absolute Gasteiger partial charge is 0.339 e. The van der Waals surface area contributed by atoms with Crippen LogP contribution in [0, 0.1) is 11.7 Å². The Morgan fingerprint density at radius 3 is 2.42 bits per heavy atom. The van der Waals surface area contributed by atoms with E-state index in [1.807, 2.05) is 19.9 Å². The molecule has 0 spiro atoms. The summed E-state index contributed by atoms with van der Waals surface area (Å²) < 4.78 is 14.1. The van der Waals surface area contributed by atoms with Crippen LogP contribution in [0.15, 0.2) is 42.5 Å². The number of carbonyl (C=O) groups excluding carboxylic acids is 2. The molecule has 0 saturated carbocycles. The van der Waals surface area contributed by atoms with Crippen molar-refractivity contribution in [2.45, 2.75) is 33.2 Å². The van der Waals surface area contributed by atoms with Gasteiger partial charge in [0, 0.05) is 36.1 Å². The molecule has 7 heteroatoms. The zero-order valence-electron chi connectivity index (χ0n) is 18.0. The summed E-state index contributed by atoms with van der Waals surface area (Å²) in [5.41, 5.74) is 1.55. The van der Waals surface area contributed by atoms with Gasteiger partial charge in [0.15, 0.2) is 0 Å². The summed E-state index contributed by atoms with van der Waals surface area (Å²) >= 11 is 6.14. The van der Waals surface area contributed by atoms with Crippen molar-refractivity contribution >= 4 is 29.1 Å². The fraction of sp³-hybridized carbons (Fsp3) is 0.417. The molecule has 3 rings (SSSR count). The molecular formula is C24H29ClFN3O2. The Kier molecular flexibility index (Phi) is 8.04. The topological polar surface area (TPSA) is 52.7 Å². The third-order valence-electron chi connectivity index (χ3n) is 5.87. The van der Waals surface area contributed by atoms with Crippen molar-refractivity contribution in [3.63, 3.8) is 0 Å². The lowest BCUT2D eigenvalue weighted by molar-refractivity contribution is -0.121. The van der Waals surface area contributed by atoms with Gasteiger partial charge in [0.25, 0.3) is 5.91 Å². The first kappa shape index (κ1) is 23.2. The van der Waals surface area contributed by atoms with Gasteiger partial charge in [0.2, 0.25) is 5.91 Å². The molecule has 0 unspecified atom stereocenters. The first-order valence-corrected chi connectivity index (χ1v) is 11.2. The lowest BCUT2D eigenvalue weighted by Gasteiger charge is -2.31. The molecule has 5 nitrogen and oxygen atoms in total. The SMILES string of the molecule is CCN(CC)C(=O)c1ccccc1NC(=O)C1CCN(Cc2c(F)cccc2Cl)CC1. The van der Waals surface area contributed by atoms with E-state index in [-0.39, 0.29) is 23.5 Å². The molecule has 0 aliphatic carbocycles. The van der Waals surface area contributed by atoms with E-state index in [1.165, 1.54) is 6.07 Å². The van der Waals surface area contributed by atoms with Crippen LogP contribution in [0.2, 0.25) is 5.02 Å². The fourth-order valence-corrected chi connectivity index (χ4v) is 4.18. The van der Waals surface area contributed by atoms with Gasteiger partial charge in [-0.05, 0) is 64.0 Å². The molecule has 1 heterocycles. The number of anilines is 1. The van der Waals surface area contributed by atoms with Gasteiger partial charge in [-0.15, -0.1) is 0 Å². The number of halogens is 2. The number of rotatable bonds is 7. The lowest BCUT2D eigenvalue weighted by Crippen LogP contribution is -2.38. The van der Waals surface area contributed by atoms with Gasteiger partial charge in [-0.25, -0.2) is 4.39 Å². The zero-order chi connectivity index (χ0) is 22.4. The van der Waals surface area contributed by atoms with Gasteiger partial charge in [0.1, 0.15) is 5.82 Å². The van der Waals surface area contributed by atoms with Crippen LogP contribution in [-0.4, -0.2) is 47.8 Å². The molecule has 1 aliphatic heterocycles.